The highest BCUT2D eigenvalue weighted by Gasteiger charge is 2.29. The van der Waals surface area contributed by atoms with Crippen molar-refractivity contribution in [1.82, 2.24) is 4.90 Å². The molecule has 3 rings (SSSR count). The molecule has 3 nitrogen and oxygen atoms in total. The lowest BCUT2D eigenvalue weighted by Crippen LogP contribution is -2.27. The summed E-state index contributed by atoms with van der Waals surface area (Å²) in [5.74, 6) is 3.89. The second kappa shape index (κ2) is 5.06. The summed E-state index contributed by atoms with van der Waals surface area (Å²) in [6, 6.07) is 2.14. The molecule has 0 aromatic carbocycles. The minimum atomic E-state index is 0.506. The van der Waals surface area contributed by atoms with E-state index in [-0.39, 0.29) is 0 Å². The fourth-order valence-electron chi connectivity index (χ4n) is 2.62. The Labute approximate surface area is 109 Å². The molecule has 2 saturated carbocycles. The van der Waals surface area contributed by atoms with E-state index < -0.39 is 0 Å². The van der Waals surface area contributed by atoms with Crippen LogP contribution in [0.15, 0.2) is 10.5 Å². The van der Waals surface area contributed by atoms with Gasteiger partial charge in [-0.3, -0.25) is 4.90 Å². The monoisotopic (exact) mass is 248 g/mol. The van der Waals surface area contributed by atoms with Crippen molar-refractivity contribution in [2.45, 2.75) is 45.7 Å². The average molecular weight is 248 g/mol. The van der Waals surface area contributed by atoms with E-state index in [2.05, 4.69) is 17.9 Å². The van der Waals surface area contributed by atoms with Gasteiger partial charge in [0.2, 0.25) is 0 Å². The summed E-state index contributed by atoms with van der Waals surface area (Å²) in [6.45, 7) is 6.16. The SMILES string of the molecule is Cc1oc(CN)cc1CN(CC1CC1)CC1CC1. The maximum absolute atomic E-state index is 5.65. The molecule has 1 aromatic rings. The van der Waals surface area contributed by atoms with E-state index in [1.165, 1.54) is 44.3 Å². The molecule has 2 N–H and O–H groups in total. The van der Waals surface area contributed by atoms with Crippen LogP contribution in [0.4, 0.5) is 0 Å². The van der Waals surface area contributed by atoms with E-state index in [4.69, 9.17) is 10.2 Å². The summed E-state index contributed by atoms with van der Waals surface area (Å²) in [6.07, 6.45) is 5.72. The zero-order valence-electron chi connectivity index (χ0n) is 11.3. The molecular weight excluding hydrogens is 224 g/mol. The molecule has 0 unspecified atom stereocenters. The number of nitrogens with zero attached hydrogens (tertiary/aromatic N) is 1. The third-order valence-electron chi connectivity index (χ3n) is 4.09. The van der Waals surface area contributed by atoms with Gasteiger partial charge in [-0.05, 0) is 50.5 Å². The van der Waals surface area contributed by atoms with Gasteiger partial charge < -0.3 is 10.2 Å². The van der Waals surface area contributed by atoms with Crippen molar-refractivity contribution in [2.75, 3.05) is 13.1 Å². The van der Waals surface area contributed by atoms with Gasteiger partial charge in [0.25, 0.3) is 0 Å². The Hall–Kier alpha value is -0.800. The molecule has 3 heteroatoms. The smallest absolute Gasteiger partial charge is 0.118 e. The summed E-state index contributed by atoms with van der Waals surface area (Å²) < 4.78 is 5.65. The molecule has 0 amide bonds. The quantitative estimate of drug-likeness (QED) is 0.806. The standard InChI is InChI=1S/C15H24N2O/c1-11-14(6-15(7-16)18-11)10-17(8-12-2-3-12)9-13-4-5-13/h6,12-13H,2-5,7-10,16H2,1H3. The fraction of sp³-hybridized carbons (Fsp3) is 0.733. The van der Waals surface area contributed by atoms with E-state index in [1.54, 1.807) is 0 Å². The molecule has 1 aromatic heterocycles. The molecule has 1 heterocycles. The molecule has 0 spiro atoms. The van der Waals surface area contributed by atoms with Crippen LogP contribution in [0.25, 0.3) is 0 Å². The molecule has 0 atom stereocenters. The summed E-state index contributed by atoms with van der Waals surface area (Å²) in [4.78, 5) is 2.63. The normalized spacial score (nSPS) is 19.7. The second-order valence-corrected chi connectivity index (χ2v) is 6.08. The Morgan fingerprint density at radius 2 is 1.83 bits per heavy atom. The lowest BCUT2D eigenvalue weighted by atomic mass is 10.2. The van der Waals surface area contributed by atoms with Gasteiger partial charge in [-0.2, -0.15) is 0 Å². The summed E-state index contributed by atoms with van der Waals surface area (Å²) in [7, 11) is 0. The molecule has 0 aliphatic heterocycles. The first-order valence-corrected chi connectivity index (χ1v) is 7.25. The van der Waals surface area contributed by atoms with Crippen LogP contribution < -0.4 is 5.73 Å². The van der Waals surface area contributed by atoms with Crippen LogP contribution in [0.1, 0.15) is 42.8 Å². The van der Waals surface area contributed by atoms with Crippen LogP contribution in [0.2, 0.25) is 0 Å². The van der Waals surface area contributed by atoms with E-state index in [0.717, 1.165) is 29.9 Å². The zero-order valence-corrected chi connectivity index (χ0v) is 11.3. The minimum absolute atomic E-state index is 0.506. The van der Waals surface area contributed by atoms with Crippen molar-refractivity contribution >= 4 is 0 Å². The minimum Gasteiger partial charge on any atom is -0.465 e. The Morgan fingerprint density at radius 1 is 1.22 bits per heavy atom. The molecule has 0 saturated heterocycles. The van der Waals surface area contributed by atoms with E-state index in [9.17, 15) is 0 Å². The lowest BCUT2D eigenvalue weighted by molar-refractivity contribution is 0.243. The first-order valence-electron chi connectivity index (χ1n) is 7.25. The zero-order chi connectivity index (χ0) is 12.5. The van der Waals surface area contributed by atoms with E-state index >= 15 is 0 Å². The Morgan fingerprint density at radius 3 is 2.28 bits per heavy atom. The molecule has 0 radical (unpaired) electrons. The predicted octanol–water partition coefficient (Wildman–Crippen LogP) is 2.67. The molecule has 18 heavy (non-hydrogen) atoms. The van der Waals surface area contributed by atoms with Crippen molar-refractivity contribution in [1.29, 1.82) is 0 Å². The van der Waals surface area contributed by atoms with Crippen molar-refractivity contribution in [3.05, 3.63) is 23.2 Å². The van der Waals surface area contributed by atoms with Crippen LogP contribution in [0.3, 0.4) is 0 Å². The van der Waals surface area contributed by atoms with Crippen LogP contribution in [-0.2, 0) is 13.1 Å². The van der Waals surface area contributed by atoms with Crippen molar-refractivity contribution in [3.8, 4) is 0 Å². The van der Waals surface area contributed by atoms with Crippen molar-refractivity contribution in [2.24, 2.45) is 17.6 Å². The third kappa shape index (κ3) is 3.15. The van der Waals surface area contributed by atoms with Crippen LogP contribution in [0, 0.1) is 18.8 Å². The van der Waals surface area contributed by atoms with Gasteiger partial charge >= 0.3 is 0 Å². The highest BCUT2D eigenvalue weighted by Crippen LogP contribution is 2.34. The van der Waals surface area contributed by atoms with Crippen molar-refractivity contribution < 1.29 is 4.42 Å². The summed E-state index contributed by atoms with van der Waals surface area (Å²) in [5.41, 5.74) is 6.97. The largest absolute Gasteiger partial charge is 0.465 e. The number of hydrogen-bond donors (Lipinski definition) is 1. The van der Waals surface area contributed by atoms with Gasteiger partial charge in [0.15, 0.2) is 0 Å². The van der Waals surface area contributed by atoms with Gasteiger partial charge in [0, 0.05) is 25.2 Å². The molecule has 0 bridgehead atoms. The highest BCUT2D eigenvalue weighted by molar-refractivity contribution is 5.20. The van der Waals surface area contributed by atoms with E-state index in [0.29, 0.717) is 6.54 Å². The molecule has 2 fully saturated rings. The second-order valence-electron chi connectivity index (χ2n) is 6.08. The number of hydrogen-bond acceptors (Lipinski definition) is 3. The summed E-state index contributed by atoms with van der Waals surface area (Å²) >= 11 is 0. The lowest BCUT2D eigenvalue weighted by Gasteiger charge is -2.21. The third-order valence-corrected chi connectivity index (χ3v) is 4.09. The first kappa shape index (κ1) is 12.2. The number of nitrogens with two attached hydrogens (primary N) is 1. The Balaban J connectivity index is 1.63. The average Bonchev–Trinajstić information content (AvgIpc) is 3.24. The van der Waals surface area contributed by atoms with E-state index in [1.807, 2.05) is 0 Å². The van der Waals surface area contributed by atoms with Crippen molar-refractivity contribution in [3.63, 3.8) is 0 Å². The maximum atomic E-state index is 5.65. The molecule has 2 aliphatic carbocycles. The maximum Gasteiger partial charge on any atom is 0.118 e. The molecule has 2 aliphatic rings. The fourth-order valence-corrected chi connectivity index (χ4v) is 2.62. The van der Waals surface area contributed by atoms with Gasteiger partial charge in [0.1, 0.15) is 11.5 Å². The number of aryl methyl sites for hydroxylation is 1. The predicted molar refractivity (Wildman–Crippen MR) is 72.1 cm³/mol. The molecule has 100 valence electrons. The summed E-state index contributed by atoms with van der Waals surface area (Å²) in [5, 5.41) is 0. The topological polar surface area (TPSA) is 42.4 Å². The van der Waals surface area contributed by atoms with Gasteiger partial charge in [-0.1, -0.05) is 0 Å². The van der Waals surface area contributed by atoms with Gasteiger partial charge in [0.05, 0.1) is 6.54 Å². The van der Waals surface area contributed by atoms with Crippen LogP contribution in [0.5, 0.6) is 0 Å². The number of rotatable bonds is 7. The molecular formula is C15H24N2O. The number of furan rings is 1. The first-order chi connectivity index (χ1) is 8.74. The van der Waals surface area contributed by atoms with Gasteiger partial charge in [-0.25, -0.2) is 0 Å². The van der Waals surface area contributed by atoms with Gasteiger partial charge in [-0.15, -0.1) is 0 Å². The Bertz CT molecular complexity index is 391. The highest BCUT2D eigenvalue weighted by atomic mass is 16.3. The van der Waals surface area contributed by atoms with Crippen LogP contribution in [-0.4, -0.2) is 18.0 Å². The van der Waals surface area contributed by atoms with Crippen LogP contribution >= 0.6 is 0 Å². The Kier molecular flexibility index (Phi) is 3.44.